The van der Waals surface area contributed by atoms with Crippen LogP contribution in [0.4, 0.5) is 0 Å². The number of nitrogens with zero attached hydrogens (tertiary/aromatic N) is 2. The molecule has 0 N–H and O–H groups in total. The van der Waals surface area contributed by atoms with E-state index in [2.05, 4.69) is 11.9 Å². The zero-order valence-corrected chi connectivity index (χ0v) is 17.3. The molecule has 0 amide bonds. The quantitative estimate of drug-likeness (QED) is 0.527. The van der Waals surface area contributed by atoms with Crippen molar-refractivity contribution < 1.29 is 14.2 Å². The van der Waals surface area contributed by atoms with Crippen molar-refractivity contribution >= 4 is 16.8 Å². The summed E-state index contributed by atoms with van der Waals surface area (Å²) in [5.74, 6) is 1.31. The van der Waals surface area contributed by atoms with E-state index in [1.807, 2.05) is 24.4 Å². The lowest BCUT2D eigenvalue weighted by atomic mass is 9.99. The normalized spacial score (nSPS) is 11.2. The minimum absolute atomic E-state index is 0.0242. The number of ether oxygens (including phenoxy) is 3. The molecule has 0 atom stereocenters. The Morgan fingerprint density at radius 1 is 1.10 bits per heavy atom. The molecule has 2 heterocycles. The van der Waals surface area contributed by atoms with Gasteiger partial charge in [0.15, 0.2) is 0 Å². The first-order valence-electron chi connectivity index (χ1n) is 9.57. The maximum Gasteiger partial charge on any atom is 0.260 e. The lowest BCUT2D eigenvalue weighted by Gasteiger charge is -2.16. The fourth-order valence-corrected chi connectivity index (χ4v) is 3.36. The summed E-state index contributed by atoms with van der Waals surface area (Å²) < 4.78 is 18.0. The first-order valence-corrected chi connectivity index (χ1v) is 9.57. The van der Waals surface area contributed by atoms with Crippen LogP contribution >= 0.6 is 0 Å². The van der Waals surface area contributed by atoms with Crippen molar-refractivity contribution in [2.24, 2.45) is 0 Å². The SMILES string of the molecule is CCCCn1cc(-c2cc(OC)c(C=COC)c(OC)c2)c2ccncc2c1=O. The monoisotopic (exact) mass is 394 g/mol. The summed E-state index contributed by atoms with van der Waals surface area (Å²) in [5.41, 5.74) is 2.58. The van der Waals surface area contributed by atoms with Gasteiger partial charge in [-0.1, -0.05) is 13.3 Å². The van der Waals surface area contributed by atoms with E-state index in [9.17, 15) is 4.79 Å². The van der Waals surface area contributed by atoms with E-state index in [0.29, 0.717) is 23.4 Å². The van der Waals surface area contributed by atoms with Crippen molar-refractivity contribution in [3.8, 4) is 22.6 Å². The lowest BCUT2D eigenvalue weighted by Crippen LogP contribution is -2.20. The number of aromatic nitrogens is 2. The van der Waals surface area contributed by atoms with Gasteiger partial charge in [-0.2, -0.15) is 0 Å². The Labute approximate surface area is 170 Å². The molecule has 0 aliphatic heterocycles. The number of benzene rings is 1. The Morgan fingerprint density at radius 2 is 1.83 bits per heavy atom. The van der Waals surface area contributed by atoms with Crippen molar-refractivity contribution in [3.63, 3.8) is 0 Å². The van der Waals surface area contributed by atoms with Crippen molar-refractivity contribution in [2.75, 3.05) is 21.3 Å². The molecule has 0 bridgehead atoms. The summed E-state index contributed by atoms with van der Waals surface area (Å²) >= 11 is 0. The van der Waals surface area contributed by atoms with Gasteiger partial charge in [-0.15, -0.1) is 0 Å². The van der Waals surface area contributed by atoms with Crippen LogP contribution in [-0.2, 0) is 11.3 Å². The van der Waals surface area contributed by atoms with Crippen LogP contribution in [0.15, 0.2) is 47.8 Å². The number of unbranched alkanes of at least 4 members (excludes halogenated alkanes) is 1. The zero-order chi connectivity index (χ0) is 20.8. The molecule has 2 aromatic heterocycles. The van der Waals surface area contributed by atoms with Crippen LogP contribution in [0.1, 0.15) is 25.3 Å². The molecule has 152 valence electrons. The summed E-state index contributed by atoms with van der Waals surface area (Å²) in [4.78, 5) is 17.0. The fraction of sp³-hybridized carbons (Fsp3) is 0.304. The number of pyridine rings is 2. The summed E-state index contributed by atoms with van der Waals surface area (Å²) in [6.45, 7) is 2.77. The van der Waals surface area contributed by atoms with Gasteiger partial charge in [0.05, 0.1) is 38.5 Å². The highest BCUT2D eigenvalue weighted by molar-refractivity contribution is 5.96. The first kappa shape index (κ1) is 20.5. The molecular formula is C23H26N2O4. The van der Waals surface area contributed by atoms with Gasteiger partial charge in [0.1, 0.15) is 11.5 Å². The third-order valence-corrected chi connectivity index (χ3v) is 4.87. The number of hydrogen-bond acceptors (Lipinski definition) is 5. The standard InChI is InChI=1S/C23H26N2O4/c1-5-6-10-25-15-20(17-7-9-24-14-19(17)23(25)26)16-12-21(28-3)18(8-11-27-2)22(13-16)29-4/h7-9,11-15H,5-6,10H2,1-4H3. The second-order valence-electron chi connectivity index (χ2n) is 6.65. The summed E-state index contributed by atoms with van der Waals surface area (Å²) in [6, 6.07) is 5.76. The molecule has 6 heteroatoms. The smallest absolute Gasteiger partial charge is 0.260 e. The molecule has 0 unspecified atom stereocenters. The molecule has 3 rings (SSSR count). The van der Waals surface area contributed by atoms with E-state index >= 15 is 0 Å². The van der Waals surface area contributed by atoms with Crippen LogP contribution in [0.3, 0.4) is 0 Å². The molecule has 1 aromatic carbocycles. The Morgan fingerprint density at radius 3 is 2.45 bits per heavy atom. The van der Waals surface area contributed by atoms with E-state index in [1.54, 1.807) is 50.6 Å². The summed E-state index contributed by atoms with van der Waals surface area (Å²) in [6.07, 6.45) is 10.6. The molecule has 29 heavy (non-hydrogen) atoms. The number of hydrogen-bond donors (Lipinski definition) is 0. The van der Waals surface area contributed by atoms with Crippen LogP contribution < -0.4 is 15.0 Å². The molecule has 0 spiro atoms. The number of aryl methyl sites for hydroxylation is 1. The Kier molecular flexibility index (Phi) is 6.54. The van der Waals surface area contributed by atoms with Gasteiger partial charge in [-0.25, -0.2) is 0 Å². The van der Waals surface area contributed by atoms with Crippen molar-refractivity contribution in [1.29, 1.82) is 0 Å². The highest BCUT2D eigenvalue weighted by Crippen LogP contribution is 2.37. The number of methoxy groups -OCH3 is 3. The van der Waals surface area contributed by atoms with Gasteiger partial charge in [0, 0.05) is 30.7 Å². The fourth-order valence-electron chi connectivity index (χ4n) is 3.36. The van der Waals surface area contributed by atoms with Crippen molar-refractivity contribution in [2.45, 2.75) is 26.3 Å². The van der Waals surface area contributed by atoms with Crippen LogP contribution in [0.2, 0.25) is 0 Å². The van der Waals surface area contributed by atoms with Crippen LogP contribution in [0, 0.1) is 0 Å². The Hall–Kier alpha value is -3.28. The van der Waals surface area contributed by atoms with Gasteiger partial charge in [-0.3, -0.25) is 9.78 Å². The van der Waals surface area contributed by atoms with Gasteiger partial charge in [-0.05, 0) is 41.6 Å². The van der Waals surface area contributed by atoms with Crippen LogP contribution in [0.5, 0.6) is 11.5 Å². The maximum atomic E-state index is 12.9. The second-order valence-corrected chi connectivity index (χ2v) is 6.65. The Balaban J connectivity index is 2.28. The number of rotatable bonds is 8. The number of fused-ring (bicyclic) bond motifs is 1. The molecule has 0 aliphatic rings. The Bertz CT molecular complexity index is 1060. The third-order valence-electron chi connectivity index (χ3n) is 4.87. The summed E-state index contributed by atoms with van der Waals surface area (Å²) in [5, 5.41) is 1.45. The molecule has 0 fully saturated rings. The highest BCUT2D eigenvalue weighted by Gasteiger charge is 2.16. The van der Waals surface area contributed by atoms with Crippen LogP contribution in [-0.4, -0.2) is 30.9 Å². The van der Waals surface area contributed by atoms with E-state index in [-0.39, 0.29) is 5.56 Å². The molecule has 0 saturated heterocycles. The van der Waals surface area contributed by atoms with E-state index in [1.165, 1.54) is 0 Å². The maximum absolute atomic E-state index is 12.9. The van der Waals surface area contributed by atoms with E-state index < -0.39 is 0 Å². The average Bonchev–Trinajstić information content (AvgIpc) is 2.76. The molecule has 0 radical (unpaired) electrons. The molecule has 0 aliphatic carbocycles. The van der Waals surface area contributed by atoms with Crippen molar-refractivity contribution in [3.05, 3.63) is 59.0 Å². The van der Waals surface area contributed by atoms with Gasteiger partial charge < -0.3 is 18.8 Å². The van der Waals surface area contributed by atoms with Crippen molar-refractivity contribution in [1.82, 2.24) is 9.55 Å². The second kappa shape index (κ2) is 9.28. The minimum atomic E-state index is -0.0242. The van der Waals surface area contributed by atoms with Crippen LogP contribution in [0.25, 0.3) is 28.0 Å². The molecule has 3 aromatic rings. The largest absolute Gasteiger partial charge is 0.504 e. The zero-order valence-electron chi connectivity index (χ0n) is 17.3. The van der Waals surface area contributed by atoms with E-state index in [4.69, 9.17) is 14.2 Å². The average molecular weight is 394 g/mol. The van der Waals surface area contributed by atoms with E-state index in [0.717, 1.165) is 34.9 Å². The summed E-state index contributed by atoms with van der Waals surface area (Å²) in [7, 11) is 4.82. The predicted molar refractivity (Wildman–Crippen MR) is 115 cm³/mol. The topological polar surface area (TPSA) is 62.6 Å². The lowest BCUT2D eigenvalue weighted by molar-refractivity contribution is 0.340. The predicted octanol–water partition coefficient (Wildman–Crippen LogP) is 4.50. The molecule has 6 nitrogen and oxygen atoms in total. The minimum Gasteiger partial charge on any atom is -0.504 e. The van der Waals surface area contributed by atoms with Gasteiger partial charge >= 0.3 is 0 Å². The van der Waals surface area contributed by atoms with Gasteiger partial charge in [0.25, 0.3) is 5.56 Å². The third kappa shape index (κ3) is 4.11. The molecule has 0 saturated carbocycles. The first-order chi connectivity index (χ1) is 14.1. The molecular weight excluding hydrogens is 368 g/mol. The van der Waals surface area contributed by atoms with Gasteiger partial charge in [0.2, 0.25) is 0 Å². The highest BCUT2D eigenvalue weighted by atomic mass is 16.5.